The number of anilines is 2. The summed E-state index contributed by atoms with van der Waals surface area (Å²) >= 11 is 0. The summed E-state index contributed by atoms with van der Waals surface area (Å²) in [6, 6.07) is 27.8. The summed E-state index contributed by atoms with van der Waals surface area (Å²) in [4.78, 5) is 2.36. The molecule has 220 valence electrons. The number of hydrogen-bond acceptors (Lipinski definition) is 1. The summed E-state index contributed by atoms with van der Waals surface area (Å²) < 4.78 is 0. The molecular weight excluding hydrogens is 530 g/mol. The van der Waals surface area contributed by atoms with E-state index in [1.54, 1.807) is 0 Å². The maximum absolute atomic E-state index is 4.19. The number of hydrogen-bond donors (Lipinski definition) is 0. The van der Waals surface area contributed by atoms with Gasteiger partial charge in [0, 0.05) is 29.3 Å². The minimum atomic E-state index is -0.0956. The van der Waals surface area contributed by atoms with Crippen molar-refractivity contribution < 1.29 is 0 Å². The average molecular weight is 574 g/mol. The molecule has 1 heteroatoms. The Labute approximate surface area is 264 Å². The Hall–Kier alpha value is -4.36. The summed E-state index contributed by atoms with van der Waals surface area (Å²) in [5, 5.41) is 0. The van der Waals surface area contributed by atoms with E-state index in [2.05, 4.69) is 145 Å². The molecule has 0 aliphatic heterocycles. The van der Waals surface area contributed by atoms with E-state index in [0.717, 1.165) is 24.0 Å². The quantitative estimate of drug-likeness (QED) is 0.183. The Bertz CT molecular complexity index is 1970. The summed E-state index contributed by atoms with van der Waals surface area (Å²) in [7, 11) is 2.21. The van der Waals surface area contributed by atoms with Crippen molar-refractivity contribution in [3.05, 3.63) is 148 Å². The molecule has 0 radical (unpaired) electrons. The number of nitrogens with zero attached hydrogens (tertiary/aromatic N) is 1. The molecule has 44 heavy (non-hydrogen) atoms. The summed E-state index contributed by atoms with van der Waals surface area (Å²) in [5.41, 5.74) is 21.3. The lowest BCUT2D eigenvalue weighted by atomic mass is 9.78. The van der Waals surface area contributed by atoms with Crippen LogP contribution >= 0.6 is 0 Å². The molecule has 0 amide bonds. The average Bonchev–Trinajstić information content (AvgIpc) is 3.57. The van der Waals surface area contributed by atoms with Crippen LogP contribution in [-0.2, 0) is 17.3 Å². The summed E-state index contributed by atoms with van der Waals surface area (Å²) in [5.74, 6) is 0. The Balaban J connectivity index is 1.26. The Morgan fingerprint density at radius 3 is 2.09 bits per heavy atom. The van der Waals surface area contributed by atoms with Gasteiger partial charge in [-0.25, -0.2) is 0 Å². The zero-order chi connectivity index (χ0) is 31.1. The van der Waals surface area contributed by atoms with Crippen LogP contribution in [0.2, 0.25) is 0 Å². The second kappa shape index (κ2) is 9.83. The molecule has 3 aliphatic rings. The fourth-order valence-electron chi connectivity index (χ4n) is 8.08. The van der Waals surface area contributed by atoms with E-state index in [9.17, 15) is 0 Å². The molecule has 0 saturated carbocycles. The Morgan fingerprint density at radius 1 is 0.773 bits per heavy atom. The highest BCUT2D eigenvalue weighted by atomic mass is 15.1. The maximum atomic E-state index is 4.19. The van der Waals surface area contributed by atoms with Crippen LogP contribution in [0.3, 0.4) is 0 Å². The third-order valence-electron chi connectivity index (χ3n) is 10.7. The molecule has 0 unspecified atom stereocenters. The van der Waals surface area contributed by atoms with Crippen molar-refractivity contribution in [3.8, 4) is 22.3 Å². The van der Waals surface area contributed by atoms with Crippen molar-refractivity contribution in [2.75, 3.05) is 11.9 Å². The third kappa shape index (κ3) is 3.98. The minimum absolute atomic E-state index is 0.0841. The van der Waals surface area contributed by atoms with E-state index in [1.165, 1.54) is 78.2 Å². The zero-order valence-electron chi connectivity index (χ0n) is 27.4. The van der Waals surface area contributed by atoms with Crippen molar-refractivity contribution in [1.82, 2.24) is 0 Å². The van der Waals surface area contributed by atoms with Gasteiger partial charge in [0.15, 0.2) is 0 Å². The van der Waals surface area contributed by atoms with Crippen molar-refractivity contribution in [2.24, 2.45) is 0 Å². The lowest BCUT2D eigenvalue weighted by molar-refractivity contribution is 0.653. The minimum Gasteiger partial charge on any atom is -0.345 e. The molecule has 0 saturated heterocycles. The monoisotopic (exact) mass is 573 g/mol. The van der Waals surface area contributed by atoms with Crippen LogP contribution < -0.4 is 4.90 Å². The molecule has 4 aromatic carbocycles. The van der Waals surface area contributed by atoms with E-state index in [4.69, 9.17) is 0 Å². The van der Waals surface area contributed by atoms with Gasteiger partial charge in [0.1, 0.15) is 0 Å². The topological polar surface area (TPSA) is 3.24 Å². The van der Waals surface area contributed by atoms with Gasteiger partial charge in [-0.15, -0.1) is 0 Å². The fourth-order valence-corrected chi connectivity index (χ4v) is 8.08. The second-order valence-corrected chi connectivity index (χ2v) is 14.0. The van der Waals surface area contributed by atoms with Gasteiger partial charge in [-0.2, -0.15) is 0 Å². The Morgan fingerprint density at radius 2 is 1.41 bits per heavy atom. The first-order chi connectivity index (χ1) is 20.9. The van der Waals surface area contributed by atoms with Gasteiger partial charge in [-0.3, -0.25) is 0 Å². The number of benzene rings is 4. The maximum Gasteiger partial charge on any atom is 0.0411 e. The highest BCUT2D eigenvalue weighted by molar-refractivity contribution is 5.93. The van der Waals surface area contributed by atoms with Crippen LogP contribution in [0.1, 0.15) is 81.3 Å². The molecule has 7 rings (SSSR count). The van der Waals surface area contributed by atoms with Gasteiger partial charge in [0.25, 0.3) is 0 Å². The lowest BCUT2D eigenvalue weighted by Gasteiger charge is -2.28. The first-order valence-electron chi connectivity index (χ1n) is 16.0. The van der Waals surface area contributed by atoms with Gasteiger partial charge in [-0.05, 0) is 116 Å². The normalized spacial score (nSPS) is 16.4. The number of fused-ring (bicyclic) bond motifs is 8. The van der Waals surface area contributed by atoms with Crippen molar-refractivity contribution in [1.29, 1.82) is 0 Å². The molecule has 0 spiro atoms. The predicted molar refractivity (Wildman–Crippen MR) is 190 cm³/mol. The van der Waals surface area contributed by atoms with Crippen LogP contribution in [0.15, 0.2) is 115 Å². The summed E-state index contributed by atoms with van der Waals surface area (Å²) in [6.45, 7) is 22.1. The van der Waals surface area contributed by atoms with Crippen LogP contribution in [0.5, 0.6) is 0 Å². The van der Waals surface area contributed by atoms with Crippen LogP contribution in [-0.4, -0.2) is 7.05 Å². The standard InChI is InChI=1S/C43H43N/c1-10-32-34-20-17-30(24-38(34)42(5,6)37(32)22-15-27(4)26(2)3)44(9)31-18-21-35-36-19-16-29-23-28-13-11-12-14-33(28)40(29)41(36)43(7,8)39(35)25-31/h11-22,24-25H,2,4,10,23H2,1,3,5-9H3/b22-15-. The first kappa shape index (κ1) is 28.4. The third-order valence-corrected chi connectivity index (χ3v) is 10.7. The largest absolute Gasteiger partial charge is 0.345 e. The molecule has 0 heterocycles. The number of allylic oxidation sites excluding steroid dienone is 6. The van der Waals surface area contributed by atoms with Crippen LogP contribution in [0.4, 0.5) is 11.4 Å². The number of rotatable bonds is 6. The Kier molecular flexibility index (Phi) is 6.35. The fraction of sp³-hybridized carbons (Fsp3) is 0.256. The van der Waals surface area contributed by atoms with Crippen LogP contribution in [0, 0.1) is 0 Å². The van der Waals surface area contributed by atoms with Gasteiger partial charge in [0.05, 0.1) is 0 Å². The molecule has 0 N–H and O–H groups in total. The van der Waals surface area contributed by atoms with Gasteiger partial charge in [0.2, 0.25) is 0 Å². The van der Waals surface area contributed by atoms with Crippen molar-refractivity contribution in [3.63, 3.8) is 0 Å². The molecule has 0 aromatic heterocycles. The molecule has 0 atom stereocenters. The smallest absolute Gasteiger partial charge is 0.0411 e. The van der Waals surface area contributed by atoms with E-state index in [0.29, 0.717) is 0 Å². The highest BCUT2D eigenvalue weighted by Crippen LogP contribution is 2.56. The van der Waals surface area contributed by atoms with Gasteiger partial charge < -0.3 is 4.90 Å². The van der Waals surface area contributed by atoms with E-state index < -0.39 is 0 Å². The van der Waals surface area contributed by atoms with Crippen molar-refractivity contribution >= 4 is 16.9 Å². The molecule has 0 fully saturated rings. The SMILES string of the molecule is C=C(C)C(=C)/C=C\C1=C(CC)c2ccc(N(C)c3ccc4c(c3)C(C)(C)c3c-4ccc4c3-c3ccccc3C4)cc2C1(C)C. The first-order valence-corrected chi connectivity index (χ1v) is 16.0. The van der Waals surface area contributed by atoms with E-state index >= 15 is 0 Å². The summed E-state index contributed by atoms with van der Waals surface area (Å²) in [6.07, 6.45) is 6.43. The molecule has 4 aromatic rings. The van der Waals surface area contributed by atoms with Crippen molar-refractivity contribution in [2.45, 2.75) is 65.2 Å². The second-order valence-electron chi connectivity index (χ2n) is 14.0. The highest BCUT2D eigenvalue weighted by Gasteiger charge is 2.41. The molecular formula is C43H43N. The van der Waals surface area contributed by atoms with Gasteiger partial charge >= 0.3 is 0 Å². The van der Waals surface area contributed by atoms with Crippen LogP contribution in [0.25, 0.3) is 27.8 Å². The molecule has 1 nitrogen and oxygen atoms in total. The zero-order valence-corrected chi connectivity index (χ0v) is 27.4. The van der Waals surface area contributed by atoms with E-state index in [-0.39, 0.29) is 10.8 Å². The van der Waals surface area contributed by atoms with E-state index in [1.807, 2.05) is 6.92 Å². The molecule has 0 bridgehead atoms. The predicted octanol–water partition coefficient (Wildman–Crippen LogP) is 11.5. The van der Waals surface area contributed by atoms with Gasteiger partial charge in [-0.1, -0.05) is 114 Å². The molecule has 3 aliphatic carbocycles. The lowest BCUT2D eigenvalue weighted by Crippen LogP contribution is -2.19.